The average molecular weight is 311 g/mol. The number of nitrogens with zero attached hydrogens (tertiary/aromatic N) is 4. The number of rotatable bonds is 5. The number of hydrogen-bond donors (Lipinski definition) is 1. The Morgan fingerprint density at radius 2 is 2.32 bits per heavy atom. The highest BCUT2D eigenvalue weighted by Gasteiger charge is 2.52. The SMILES string of the molecule is CC[C@@]1(CCN=[N+]=[N-])O[C@@H](n2ccc(=O)[nH]c2=O)C(F)[C@H]1C. The fourth-order valence-electron chi connectivity index (χ4n) is 2.94. The van der Waals surface area contributed by atoms with E-state index in [1.54, 1.807) is 6.92 Å². The Morgan fingerprint density at radius 1 is 1.59 bits per heavy atom. The van der Waals surface area contributed by atoms with Crippen LogP contribution < -0.4 is 11.2 Å². The number of alkyl halides is 1. The van der Waals surface area contributed by atoms with Crippen LogP contribution in [0.25, 0.3) is 10.4 Å². The van der Waals surface area contributed by atoms with E-state index in [1.807, 2.05) is 6.92 Å². The van der Waals surface area contributed by atoms with Gasteiger partial charge in [-0.3, -0.25) is 14.3 Å². The van der Waals surface area contributed by atoms with Gasteiger partial charge >= 0.3 is 5.69 Å². The molecule has 1 unspecified atom stereocenters. The van der Waals surface area contributed by atoms with Gasteiger partial charge in [-0.15, -0.1) is 0 Å². The Bertz CT molecular complexity index is 695. The molecule has 1 aromatic heterocycles. The van der Waals surface area contributed by atoms with Crippen molar-refractivity contribution in [2.45, 2.75) is 44.7 Å². The molecular formula is C13H18FN5O3. The predicted octanol–water partition coefficient (Wildman–Crippen LogP) is 1.89. The smallest absolute Gasteiger partial charge is 0.330 e. The molecule has 120 valence electrons. The maximum Gasteiger partial charge on any atom is 0.330 e. The van der Waals surface area contributed by atoms with Crippen molar-refractivity contribution in [3.05, 3.63) is 43.5 Å². The molecule has 0 bridgehead atoms. The van der Waals surface area contributed by atoms with Gasteiger partial charge in [0.05, 0.1) is 5.60 Å². The molecular weight excluding hydrogens is 293 g/mol. The number of ether oxygens (including phenoxy) is 1. The van der Waals surface area contributed by atoms with Crippen molar-refractivity contribution in [2.24, 2.45) is 11.0 Å². The van der Waals surface area contributed by atoms with E-state index in [2.05, 4.69) is 15.0 Å². The van der Waals surface area contributed by atoms with E-state index < -0.39 is 35.2 Å². The molecule has 1 aromatic rings. The van der Waals surface area contributed by atoms with E-state index in [1.165, 1.54) is 6.20 Å². The van der Waals surface area contributed by atoms with Crippen molar-refractivity contribution in [3.8, 4) is 0 Å². The van der Waals surface area contributed by atoms with Gasteiger partial charge in [0.25, 0.3) is 5.56 Å². The summed E-state index contributed by atoms with van der Waals surface area (Å²) in [6.45, 7) is 3.76. The van der Waals surface area contributed by atoms with Crippen molar-refractivity contribution in [3.63, 3.8) is 0 Å². The van der Waals surface area contributed by atoms with Crippen LogP contribution in [-0.2, 0) is 4.74 Å². The molecule has 1 fully saturated rings. The van der Waals surface area contributed by atoms with Crippen molar-refractivity contribution in [1.82, 2.24) is 9.55 Å². The van der Waals surface area contributed by atoms with Crippen molar-refractivity contribution >= 4 is 0 Å². The monoisotopic (exact) mass is 311 g/mol. The fourth-order valence-corrected chi connectivity index (χ4v) is 2.94. The van der Waals surface area contributed by atoms with Gasteiger partial charge in [-0.25, -0.2) is 9.18 Å². The molecule has 1 aliphatic rings. The molecule has 1 N–H and O–H groups in total. The molecule has 0 aromatic carbocycles. The molecule has 0 amide bonds. The lowest BCUT2D eigenvalue weighted by atomic mass is 9.83. The average Bonchev–Trinajstić information content (AvgIpc) is 2.73. The van der Waals surface area contributed by atoms with Gasteiger partial charge in [0.1, 0.15) is 0 Å². The lowest BCUT2D eigenvalue weighted by Gasteiger charge is -2.31. The summed E-state index contributed by atoms with van der Waals surface area (Å²) < 4.78 is 21.6. The first-order valence-corrected chi connectivity index (χ1v) is 7.09. The topological polar surface area (TPSA) is 113 Å². The summed E-state index contributed by atoms with van der Waals surface area (Å²) in [7, 11) is 0. The van der Waals surface area contributed by atoms with Crippen LogP contribution in [0.4, 0.5) is 4.39 Å². The highest BCUT2D eigenvalue weighted by atomic mass is 19.1. The first kappa shape index (κ1) is 16.3. The van der Waals surface area contributed by atoms with E-state index in [4.69, 9.17) is 10.3 Å². The van der Waals surface area contributed by atoms with Gasteiger partial charge in [0, 0.05) is 29.6 Å². The van der Waals surface area contributed by atoms with Crippen LogP contribution in [-0.4, -0.2) is 27.9 Å². The zero-order chi connectivity index (χ0) is 16.3. The zero-order valence-electron chi connectivity index (χ0n) is 12.4. The second-order valence-electron chi connectivity index (χ2n) is 5.38. The Labute approximate surface area is 125 Å². The molecule has 2 rings (SSSR count). The van der Waals surface area contributed by atoms with Crippen molar-refractivity contribution in [2.75, 3.05) is 6.54 Å². The number of aromatic nitrogens is 2. The van der Waals surface area contributed by atoms with E-state index in [0.29, 0.717) is 12.8 Å². The summed E-state index contributed by atoms with van der Waals surface area (Å²) in [5.74, 6) is -0.477. The summed E-state index contributed by atoms with van der Waals surface area (Å²) >= 11 is 0. The zero-order valence-corrected chi connectivity index (χ0v) is 12.4. The summed E-state index contributed by atoms with van der Waals surface area (Å²) in [6, 6.07) is 1.15. The van der Waals surface area contributed by atoms with E-state index in [0.717, 1.165) is 10.6 Å². The van der Waals surface area contributed by atoms with Gasteiger partial charge in [-0.2, -0.15) is 0 Å². The van der Waals surface area contributed by atoms with Crippen molar-refractivity contribution in [1.29, 1.82) is 0 Å². The molecule has 9 heteroatoms. The third-order valence-corrected chi connectivity index (χ3v) is 4.36. The molecule has 0 radical (unpaired) electrons. The van der Waals surface area contributed by atoms with E-state index in [9.17, 15) is 14.0 Å². The number of nitrogens with one attached hydrogen (secondary N) is 1. The van der Waals surface area contributed by atoms with E-state index in [-0.39, 0.29) is 6.54 Å². The fraction of sp³-hybridized carbons (Fsp3) is 0.692. The highest BCUT2D eigenvalue weighted by molar-refractivity contribution is 4.99. The largest absolute Gasteiger partial charge is 0.348 e. The summed E-state index contributed by atoms with van der Waals surface area (Å²) in [6.07, 6.45) is -0.405. The van der Waals surface area contributed by atoms with Gasteiger partial charge in [0.2, 0.25) is 0 Å². The van der Waals surface area contributed by atoms with Gasteiger partial charge in [0.15, 0.2) is 12.4 Å². The Kier molecular flexibility index (Phi) is 4.68. The first-order chi connectivity index (χ1) is 10.4. The normalized spacial score (nSPS) is 31.0. The Morgan fingerprint density at radius 3 is 2.91 bits per heavy atom. The van der Waals surface area contributed by atoms with Crippen molar-refractivity contribution < 1.29 is 9.13 Å². The third kappa shape index (κ3) is 2.77. The number of halogens is 1. The molecule has 1 aliphatic heterocycles. The van der Waals surface area contributed by atoms with Gasteiger partial charge < -0.3 is 4.74 Å². The minimum absolute atomic E-state index is 0.189. The van der Waals surface area contributed by atoms with Crippen LogP contribution in [0.5, 0.6) is 0 Å². The molecule has 8 nitrogen and oxygen atoms in total. The number of hydrogen-bond acceptors (Lipinski definition) is 4. The Balaban J connectivity index is 2.34. The first-order valence-electron chi connectivity index (χ1n) is 7.09. The van der Waals surface area contributed by atoms with Gasteiger partial charge in [-0.1, -0.05) is 19.0 Å². The third-order valence-electron chi connectivity index (χ3n) is 4.36. The minimum Gasteiger partial charge on any atom is -0.348 e. The molecule has 4 atom stereocenters. The summed E-state index contributed by atoms with van der Waals surface area (Å²) in [5, 5.41) is 3.48. The number of azide groups is 1. The predicted molar refractivity (Wildman–Crippen MR) is 77.2 cm³/mol. The highest BCUT2D eigenvalue weighted by Crippen LogP contribution is 2.46. The second-order valence-corrected chi connectivity index (χ2v) is 5.38. The van der Waals surface area contributed by atoms with E-state index >= 15 is 0 Å². The van der Waals surface area contributed by atoms with Crippen LogP contribution >= 0.6 is 0 Å². The molecule has 1 saturated heterocycles. The molecule has 0 saturated carbocycles. The Hall–Kier alpha value is -2.12. The molecule has 22 heavy (non-hydrogen) atoms. The standard InChI is InChI=1S/C13H18FN5O3/c1-3-13(5-6-16-18-15)8(2)10(14)11(22-13)19-7-4-9(20)17-12(19)21/h4,7-8,10-11H,3,5-6H2,1-2H3,(H,17,20,21)/t8-,10?,11-,13+/m1/s1. The lowest BCUT2D eigenvalue weighted by Crippen LogP contribution is -2.36. The van der Waals surface area contributed by atoms with Crippen LogP contribution in [0.3, 0.4) is 0 Å². The summed E-state index contributed by atoms with van der Waals surface area (Å²) in [4.78, 5) is 27.7. The van der Waals surface area contributed by atoms with Crippen LogP contribution in [0.2, 0.25) is 0 Å². The molecule has 2 heterocycles. The minimum atomic E-state index is -1.41. The molecule has 0 aliphatic carbocycles. The number of H-pyrrole nitrogens is 1. The van der Waals surface area contributed by atoms with Crippen LogP contribution in [0.15, 0.2) is 27.0 Å². The lowest BCUT2D eigenvalue weighted by molar-refractivity contribution is -0.0946. The number of aromatic amines is 1. The van der Waals surface area contributed by atoms with Gasteiger partial charge in [-0.05, 0) is 18.4 Å². The summed E-state index contributed by atoms with van der Waals surface area (Å²) in [5.41, 5.74) is 6.30. The van der Waals surface area contributed by atoms with Crippen LogP contribution in [0, 0.1) is 5.92 Å². The maximum absolute atomic E-state index is 14.7. The van der Waals surface area contributed by atoms with Crippen LogP contribution in [0.1, 0.15) is 32.9 Å². The second kappa shape index (κ2) is 6.33. The quantitative estimate of drug-likeness (QED) is 0.509. The molecule has 0 spiro atoms. The maximum atomic E-state index is 14.7.